The molecule has 0 radical (unpaired) electrons. The van der Waals surface area contributed by atoms with Crippen molar-refractivity contribution in [3.8, 4) is 11.3 Å². The number of hydrogen-bond donors (Lipinski definition) is 0. The second-order valence-electron chi connectivity index (χ2n) is 9.58. The lowest BCUT2D eigenvalue weighted by molar-refractivity contribution is -0.143. The summed E-state index contributed by atoms with van der Waals surface area (Å²) >= 11 is 0. The van der Waals surface area contributed by atoms with Crippen LogP contribution in [0.4, 0.5) is 0 Å². The molecular formula is C23H33N3O2. The molecule has 2 heterocycles. The lowest BCUT2D eigenvalue weighted by atomic mass is 9.74. The van der Waals surface area contributed by atoms with E-state index in [4.69, 9.17) is 4.52 Å². The molecule has 152 valence electrons. The Kier molecular flexibility index (Phi) is 5.94. The quantitative estimate of drug-likeness (QED) is 0.780. The van der Waals surface area contributed by atoms with Gasteiger partial charge in [0.05, 0.1) is 5.41 Å². The lowest BCUT2D eigenvalue weighted by Gasteiger charge is -2.44. The molecule has 0 unspecified atom stereocenters. The van der Waals surface area contributed by atoms with Gasteiger partial charge in [0.15, 0.2) is 0 Å². The van der Waals surface area contributed by atoms with Crippen LogP contribution >= 0.6 is 0 Å². The van der Waals surface area contributed by atoms with E-state index in [0.717, 1.165) is 49.5 Å². The molecule has 3 rings (SSSR count). The molecule has 0 N–H and O–H groups in total. The van der Waals surface area contributed by atoms with Crippen LogP contribution in [0.5, 0.6) is 0 Å². The number of rotatable bonds is 5. The molecule has 0 spiro atoms. The molecule has 0 saturated carbocycles. The Balaban J connectivity index is 1.85. The Morgan fingerprint density at radius 3 is 2.61 bits per heavy atom. The van der Waals surface area contributed by atoms with Gasteiger partial charge in [0.2, 0.25) is 5.91 Å². The molecule has 0 aliphatic carbocycles. The number of carbonyl (C=O) groups excluding carboxylic acids is 1. The highest BCUT2D eigenvalue weighted by Gasteiger charge is 2.44. The van der Waals surface area contributed by atoms with Gasteiger partial charge in [-0.05, 0) is 24.8 Å². The smallest absolute Gasteiger partial charge is 0.230 e. The van der Waals surface area contributed by atoms with Gasteiger partial charge in [-0.3, -0.25) is 4.79 Å². The van der Waals surface area contributed by atoms with Crippen LogP contribution < -0.4 is 0 Å². The number of hydrogen-bond acceptors (Lipinski definition) is 4. The highest BCUT2D eigenvalue weighted by atomic mass is 16.5. The Hall–Kier alpha value is -2.14. The van der Waals surface area contributed by atoms with Crippen molar-refractivity contribution in [3.05, 3.63) is 42.2 Å². The topological polar surface area (TPSA) is 49.6 Å². The van der Waals surface area contributed by atoms with Crippen LogP contribution in [0.2, 0.25) is 0 Å². The molecule has 1 aromatic carbocycles. The fraction of sp³-hybridized carbons (Fsp3) is 0.565. The van der Waals surface area contributed by atoms with E-state index in [1.807, 2.05) is 50.5 Å². The van der Waals surface area contributed by atoms with Crippen molar-refractivity contribution < 1.29 is 9.32 Å². The van der Waals surface area contributed by atoms with E-state index in [9.17, 15) is 4.79 Å². The van der Waals surface area contributed by atoms with Gasteiger partial charge in [-0.2, -0.15) is 0 Å². The molecule has 1 saturated heterocycles. The number of nitrogens with zero attached hydrogens (tertiary/aromatic N) is 3. The first-order valence-corrected chi connectivity index (χ1v) is 10.1. The highest BCUT2D eigenvalue weighted by Crippen LogP contribution is 2.37. The van der Waals surface area contributed by atoms with Gasteiger partial charge in [0, 0.05) is 45.2 Å². The van der Waals surface area contributed by atoms with E-state index in [1.54, 1.807) is 4.90 Å². The fourth-order valence-electron chi connectivity index (χ4n) is 4.38. The van der Waals surface area contributed by atoms with Crippen molar-refractivity contribution in [2.24, 2.45) is 10.8 Å². The number of aromatic nitrogens is 1. The number of piperidine rings is 1. The van der Waals surface area contributed by atoms with E-state index >= 15 is 0 Å². The van der Waals surface area contributed by atoms with Crippen molar-refractivity contribution in [1.82, 2.24) is 15.0 Å². The predicted molar refractivity (Wildman–Crippen MR) is 112 cm³/mol. The van der Waals surface area contributed by atoms with Gasteiger partial charge < -0.3 is 14.3 Å². The lowest BCUT2D eigenvalue weighted by Crippen LogP contribution is -2.54. The third-order valence-electron chi connectivity index (χ3n) is 5.35. The molecule has 1 aliphatic rings. The summed E-state index contributed by atoms with van der Waals surface area (Å²) < 4.78 is 5.67. The predicted octanol–water partition coefficient (Wildman–Crippen LogP) is 4.10. The second-order valence-corrected chi connectivity index (χ2v) is 9.58. The van der Waals surface area contributed by atoms with Crippen molar-refractivity contribution in [3.63, 3.8) is 0 Å². The second kappa shape index (κ2) is 8.08. The minimum absolute atomic E-state index is 0.184. The number of benzene rings is 1. The maximum atomic E-state index is 13.2. The van der Waals surface area contributed by atoms with Gasteiger partial charge in [-0.1, -0.05) is 56.3 Å². The van der Waals surface area contributed by atoms with Crippen LogP contribution in [0.3, 0.4) is 0 Å². The average Bonchev–Trinajstić information content (AvgIpc) is 3.09. The van der Waals surface area contributed by atoms with Gasteiger partial charge in [0.1, 0.15) is 11.5 Å². The van der Waals surface area contributed by atoms with Gasteiger partial charge in [-0.25, -0.2) is 0 Å². The minimum atomic E-state index is -0.458. The molecule has 0 bridgehead atoms. The van der Waals surface area contributed by atoms with E-state index in [2.05, 4.69) is 30.8 Å². The monoisotopic (exact) mass is 383 g/mol. The summed E-state index contributed by atoms with van der Waals surface area (Å²) in [6.07, 6.45) is 2.49. The molecule has 1 fully saturated rings. The molecule has 1 aliphatic heterocycles. The third kappa shape index (κ3) is 4.82. The molecular weight excluding hydrogens is 350 g/mol. The molecule has 28 heavy (non-hydrogen) atoms. The SMILES string of the molecule is CN(C)C(=O)[C@]1(Cc2cc(-c3ccccc3)no2)CCCN(CC(C)(C)C)C1. The van der Waals surface area contributed by atoms with Crippen molar-refractivity contribution in [2.45, 2.75) is 40.0 Å². The Bertz CT molecular complexity index is 792. The summed E-state index contributed by atoms with van der Waals surface area (Å²) in [5, 5.41) is 4.25. The minimum Gasteiger partial charge on any atom is -0.361 e. The first-order valence-electron chi connectivity index (χ1n) is 10.1. The highest BCUT2D eigenvalue weighted by molar-refractivity contribution is 5.83. The summed E-state index contributed by atoms with van der Waals surface area (Å²) in [5.74, 6) is 0.968. The Labute approximate surface area is 168 Å². The van der Waals surface area contributed by atoms with Crippen molar-refractivity contribution >= 4 is 5.91 Å². The summed E-state index contributed by atoms with van der Waals surface area (Å²) in [5.41, 5.74) is 1.60. The molecule has 2 aromatic rings. The normalized spacial score (nSPS) is 20.9. The van der Waals surface area contributed by atoms with E-state index in [0.29, 0.717) is 6.42 Å². The van der Waals surface area contributed by atoms with Gasteiger partial charge in [0.25, 0.3) is 0 Å². The first kappa shape index (κ1) is 20.6. The molecule has 5 nitrogen and oxygen atoms in total. The van der Waals surface area contributed by atoms with Crippen molar-refractivity contribution in [1.29, 1.82) is 0 Å². The maximum Gasteiger partial charge on any atom is 0.230 e. The first-order chi connectivity index (χ1) is 13.2. The molecule has 1 aromatic heterocycles. The van der Waals surface area contributed by atoms with Crippen molar-refractivity contribution in [2.75, 3.05) is 33.7 Å². The Morgan fingerprint density at radius 1 is 1.25 bits per heavy atom. The van der Waals surface area contributed by atoms with Crippen LogP contribution in [0.1, 0.15) is 39.4 Å². The number of carbonyl (C=O) groups is 1. The van der Waals surface area contributed by atoms with Crippen LogP contribution in [0, 0.1) is 10.8 Å². The zero-order chi connectivity index (χ0) is 20.4. The van der Waals surface area contributed by atoms with Crippen LogP contribution in [0.25, 0.3) is 11.3 Å². The van der Waals surface area contributed by atoms with E-state index in [1.165, 1.54) is 0 Å². The molecule has 1 amide bonds. The van der Waals surface area contributed by atoms with Gasteiger partial charge in [-0.15, -0.1) is 0 Å². The van der Waals surface area contributed by atoms with Crippen LogP contribution in [-0.2, 0) is 11.2 Å². The molecule has 1 atom stereocenters. The van der Waals surface area contributed by atoms with Gasteiger partial charge >= 0.3 is 0 Å². The number of amides is 1. The summed E-state index contributed by atoms with van der Waals surface area (Å²) in [6.45, 7) is 9.55. The standard InChI is InChI=1S/C23H33N3O2/c1-22(2,3)16-26-13-9-12-23(17-26,21(27)25(4)5)15-19-14-20(24-28-19)18-10-7-6-8-11-18/h6-8,10-11,14H,9,12-13,15-17H2,1-5H3/t23-/m0/s1. The fourth-order valence-corrected chi connectivity index (χ4v) is 4.38. The average molecular weight is 384 g/mol. The zero-order valence-corrected chi connectivity index (χ0v) is 17.9. The summed E-state index contributed by atoms with van der Waals surface area (Å²) in [4.78, 5) is 17.4. The van der Waals surface area contributed by atoms with E-state index in [-0.39, 0.29) is 11.3 Å². The third-order valence-corrected chi connectivity index (χ3v) is 5.35. The maximum absolute atomic E-state index is 13.2. The largest absolute Gasteiger partial charge is 0.361 e. The summed E-state index contributed by atoms with van der Waals surface area (Å²) in [7, 11) is 3.70. The molecule has 5 heteroatoms. The zero-order valence-electron chi connectivity index (χ0n) is 17.9. The Morgan fingerprint density at radius 2 is 1.96 bits per heavy atom. The van der Waals surface area contributed by atoms with Crippen LogP contribution in [-0.4, -0.2) is 54.6 Å². The van der Waals surface area contributed by atoms with E-state index < -0.39 is 5.41 Å². The summed E-state index contributed by atoms with van der Waals surface area (Å²) in [6, 6.07) is 12.0. The van der Waals surface area contributed by atoms with Crippen LogP contribution in [0.15, 0.2) is 40.9 Å². The number of likely N-dealkylation sites (tertiary alicyclic amines) is 1.